The van der Waals surface area contributed by atoms with Crippen molar-refractivity contribution < 1.29 is 19.4 Å². The first kappa shape index (κ1) is 16.0. The van der Waals surface area contributed by atoms with Crippen LogP contribution < -0.4 is 5.32 Å². The number of carboxylic acids is 1. The number of amides is 1. The number of carboxylic acid groups (broad SMARTS) is 1. The predicted molar refractivity (Wildman–Crippen MR) is 71.8 cm³/mol. The molecule has 5 nitrogen and oxygen atoms in total. The van der Waals surface area contributed by atoms with Crippen molar-refractivity contribution in [3.8, 4) is 0 Å². The fourth-order valence-corrected chi connectivity index (χ4v) is 2.15. The summed E-state index contributed by atoms with van der Waals surface area (Å²) < 4.78 is 5.27. The molecule has 0 aromatic carbocycles. The Morgan fingerprint density at radius 2 is 2.16 bits per heavy atom. The molecule has 0 aromatic rings. The number of carbonyl (C=O) groups is 2. The summed E-state index contributed by atoms with van der Waals surface area (Å²) in [5.41, 5.74) is -0.999. The van der Waals surface area contributed by atoms with E-state index in [1.54, 1.807) is 6.92 Å². The molecular weight excluding hydrogens is 246 g/mol. The van der Waals surface area contributed by atoms with Crippen molar-refractivity contribution >= 4 is 11.9 Å². The number of carbonyl (C=O) groups excluding carboxylic acids is 1. The number of rotatable bonds is 7. The van der Waals surface area contributed by atoms with Crippen LogP contribution in [0.1, 0.15) is 40.0 Å². The van der Waals surface area contributed by atoms with Crippen molar-refractivity contribution in [2.24, 2.45) is 17.3 Å². The largest absolute Gasteiger partial charge is 0.481 e. The monoisotopic (exact) mass is 271 g/mol. The highest BCUT2D eigenvalue weighted by Gasteiger charge is 2.38. The van der Waals surface area contributed by atoms with E-state index in [1.165, 1.54) is 0 Å². The van der Waals surface area contributed by atoms with Gasteiger partial charge in [0.1, 0.15) is 0 Å². The molecule has 19 heavy (non-hydrogen) atoms. The lowest BCUT2D eigenvalue weighted by Crippen LogP contribution is -2.39. The Morgan fingerprint density at radius 1 is 1.47 bits per heavy atom. The zero-order valence-corrected chi connectivity index (χ0v) is 12.1. The summed E-state index contributed by atoms with van der Waals surface area (Å²) >= 11 is 0. The molecule has 0 bridgehead atoms. The normalized spacial score (nSPS) is 22.2. The second kappa shape index (κ2) is 6.89. The van der Waals surface area contributed by atoms with Gasteiger partial charge in [0.2, 0.25) is 5.91 Å². The van der Waals surface area contributed by atoms with E-state index in [4.69, 9.17) is 4.74 Å². The molecule has 0 aromatic heterocycles. The van der Waals surface area contributed by atoms with Gasteiger partial charge in [0.25, 0.3) is 0 Å². The lowest BCUT2D eigenvalue weighted by molar-refractivity contribution is -0.153. The highest BCUT2D eigenvalue weighted by Crippen LogP contribution is 2.31. The summed E-state index contributed by atoms with van der Waals surface area (Å²) in [7, 11) is 0. The SMILES string of the molecule is CC(C)C(C)(CC(=O)NCCC1CCOC1)C(=O)O. The molecule has 2 unspecified atom stereocenters. The van der Waals surface area contributed by atoms with Gasteiger partial charge in [0, 0.05) is 26.2 Å². The second-order valence-electron chi connectivity index (χ2n) is 5.92. The average Bonchev–Trinajstić information content (AvgIpc) is 2.81. The highest BCUT2D eigenvalue weighted by molar-refractivity contribution is 5.84. The Kier molecular flexibility index (Phi) is 5.79. The fraction of sp³-hybridized carbons (Fsp3) is 0.857. The van der Waals surface area contributed by atoms with Crippen molar-refractivity contribution in [3.05, 3.63) is 0 Å². The first-order chi connectivity index (χ1) is 8.86. The van der Waals surface area contributed by atoms with Crippen molar-refractivity contribution in [1.29, 1.82) is 0 Å². The lowest BCUT2D eigenvalue weighted by Gasteiger charge is -2.28. The van der Waals surface area contributed by atoms with Crippen LogP contribution in [0.3, 0.4) is 0 Å². The molecule has 0 spiro atoms. The van der Waals surface area contributed by atoms with Gasteiger partial charge in [-0.05, 0) is 31.6 Å². The molecule has 1 amide bonds. The van der Waals surface area contributed by atoms with Crippen molar-refractivity contribution in [2.75, 3.05) is 19.8 Å². The minimum atomic E-state index is -0.999. The van der Waals surface area contributed by atoms with Gasteiger partial charge in [-0.15, -0.1) is 0 Å². The zero-order chi connectivity index (χ0) is 14.5. The molecular formula is C14H25NO4. The van der Waals surface area contributed by atoms with Crippen molar-refractivity contribution in [1.82, 2.24) is 5.32 Å². The summed E-state index contributed by atoms with van der Waals surface area (Å²) in [5, 5.41) is 12.1. The molecule has 1 saturated heterocycles. The summed E-state index contributed by atoms with van der Waals surface area (Å²) in [4.78, 5) is 23.1. The molecule has 5 heteroatoms. The van der Waals surface area contributed by atoms with Crippen LogP contribution >= 0.6 is 0 Å². The lowest BCUT2D eigenvalue weighted by atomic mass is 9.76. The fourth-order valence-electron chi connectivity index (χ4n) is 2.15. The van der Waals surface area contributed by atoms with Gasteiger partial charge in [-0.3, -0.25) is 9.59 Å². The van der Waals surface area contributed by atoms with Crippen LogP contribution in [0.5, 0.6) is 0 Å². The first-order valence-electron chi connectivity index (χ1n) is 6.94. The molecule has 1 aliphatic rings. The number of nitrogens with one attached hydrogen (secondary N) is 1. The zero-order valence-electron chi connectivity index (χ0n) is 12.1. The smallest absolute Gasteiger partial charge is 0.310 e. The van der Waals surface area contributed by atoms with E-state index in [0.29, 0.717) is 12.5 Å². The quantitative estimate of drug-likeness (QED) is 0.738. The Bertz CT molecular complexity index is 323. The predicted octanol–water partition coefficient (Wildman–Crippen LogP) is 1.67. The second-order valence-corrected chi connectivity index (χ2v) is 5.92. The summed E-state index contributed by atoms with van der Waals surface area (Å²) in [6, 6.07) is 0. The van der Waals surface area contributed by atoms with E-state index in [9.17, 15) is 14.7 Å². The third-order valence-electron chi connectivity index (χ3n) is 4.19. The summed E-state index contributed by atoms with van der Waals surface area (Å²) in [5.74, 6) is -0.658. The van der Waals surface area contributed by atoms with E-state index in [2.05, 4.69) is 5.32 Å². The maximum Gasteiger partial charge on any atom is 0.310 e. The van der Waals surface area contributed by atoms with Crippen LogP contribution in [0.4, 0.5) is 0 Å². The molecule has 1 heterocycles. The maximum atomic E-state index is 11.8. The van der Waals surface area contributed by atoms with Gasteiger partial charge in [-0.25, -0.2) is 0 Å². The number of aliphatic carboxylic acids is 1. The summed E-state index contributed by atoms with van der Waals surface area (Å²) in [6.07, 6.45) is 1.98. The maximum absolute atomic E-state index is 11.8. The molecule has 1 fully saturated rings. The standard InChI is InChI=1S/C14H25NO4/c1-10(2)14(3,13(17)18)8-12(16)15-6-4-11-5-7-19-9-11/h10-11H,4-9H2,1-3H3,(H,15,16)(H,17,18). The summed E-state index contributed by atoms with van der Waals surface area (Å²) in [6.45, 7) is 7.47. The molecule has 1 aliphatic heterocycles. The van der Waals surface area contributed by atoms with Crippen LogP contribution in [-0.2, 0) is 14.3 Å². The van der Waals surface area contributed by atoms with Crippen molar-refractivity contribution in [3.63, 3.8) is 0 Å². The van der Waals surface area contributed by atoms with E-state index in [0.717, 1.165) is 26.1 Å². The van der Waals surface area contributed by atoms with E-state index >= 15 is 0 Å². The molecule has 110 valence electrons. The van der Waals surface area contributed by atoms with Gasteiger partial charge in [-0.1, -0.05) is 13.8 Å². The van der Waals surface area contributed by atoms with Crippen LogP contribution in [-0.4, -0.2) is 36.7 Å². The molecule has 1 rings (SSSR count). The van der Waals surface area contributed by atoms with Crippen LogP contribution in [0.15, 0.2) is 0 Å². The highest BCUT2D eigenvalue weighted by atomic mass is 16.5. The third kappa shape index (κ3) is 4.49. The van der Waals surface area contributed by atoms with Crippen LogP contribution in [0, 0.1) is 17.3 Å². The van der Waals surface area contributed by atoms with Gasteiger partial charge < -0.3 is 15.2 Å². The van der Waals surface area contributed by atoms with Gasteiger partial charge >= 0.3 is 5.97 Å². The Hall–Kier alpha value is -1.10. The van der Waals surface area contributed by atoms with E-state index < -0.39 is 11.4 Å². The molecule has 0 aliphatic carbocycles. The number of hydrogen-bond donors (Lipinski definition) is 2. The Morgan fingerprint density at radius 3 is 2.63 bits per heavy atom. The van der Waals surface area contributed by atoms with E-state index in [-0.39, 0.29) is 18.2 Å². The Balaban J connectivity index is 2.34. The van der Waals surface area contributed by atoms with Gasteiger partial charge in [0.05, 0.1) is 5.41 Å². The molecule has 0 saturated carbocycles. The number of ether oxygens (including phenoxy) is 1. The first-order valence-corrected chi connectivity index (χ1v) is 6.94. The van der Waals surface area contributed by atoms with Crippen molar-refractivity contribution in [2.45, 2.75) is 40.0 Å². The topological polar surface area (TPSA) is 75.6 Å². The molecule has 2 N–H and O–H groups in total. The van der Waals surface area contributed by atoms with Crippen LogP contribution in [0.25, 0.3) is 0 Å². The minimum absolute atomic E-state index is 0.0289. The molecule has 2 atom stereocenters. The van der Waals surface area contributed by atoms with Crippen LogP contribution in [0.2, 0.25) is 0 Å². The van der Waals surface area contributed by atoms with Gasteiger partial charge in [-0.2, -0.15) is 0 Å². The van der Waals surface area contributed by atoms with Gasteiger partial charge in [0.15, 0.2) is 0 Å². The minimum Gasteiger partial charge on any atom is -0.481 e. The number of hydrogen-bond acceptors (Lipinski definition) is 3. The average molecular weight is 271 g/mol. The van der Waals surface area contributed by atoms with E-state index in [1.807, 2.05) is 13.8 Å². The molecule has 0 radical (unpaired) electrons. The Labute approximate surface area is 114 Å². The third-order valence-corrected chi connectivity index (χ3v) is 4.19.